The van der Waals surface area contributed by atoms with E-state index in [4.69, 9.17) is 26.0 Å². The molecule has 294 valence electrons. The van der Waals surface area contributed by atoms with E-state index in [-0.39, 0.29) is 4.90 Å². The van der Waals surface area contributed by atoms with Crippen LogP contribution in [-0.2, 0) is 10.8 Å². The summed E-state index contributed by atoms with van der Waals surface area (Å²) in [5.74, 6) is 0. The van der Waals surface area contributed by atoms with Gasteiger partial charge in [-0.3, -0.25) is 0 Å². The molecule has 1 spiro atoms. The van der Waals surface area contributed by atoms with Crippen LogP contribution in [0.3, 0.4) is 0 Å². The molecule has 10 aromatic carbocycles. The maximum Gasteiger partial charge on any atom is 0.0726 e. The fourth-order valence-electron chi connectivity index (χ4n) is 8.71. The summed E-state index contributed by atoms with van der Waals surface area (Å²) in [7, 11) is 0. The zero-order chi connectivity index (χ0) is 77.2. The van der Waals surface area contributed by atoms with Gasteiger partial charge in [-0.25, -0.2) is 0 Å². The third-order valence-corrected chi connectivity index (χ3v) is 11.1. The molecule has 0 atom stereocenters. The fourth-order valence-corrected chi connectivity index (χ4v) is 8.71. The van der Waals surface area contributed by atoms with Crippen molar-refractivity contribution in [3.8, 4) is 44.5 Å². The van der Waals surface area contributed by atoms with Crippen molar-refractivity contribution in [3.05, 3.63) is 292 Å². The molecule has 0 unspecified atom stereocenters. The minimum absolute atomic E-state index is 0.133. The molecule has 1 nitrogen and oxygen atoms in total. The highest BCUT2D eigenvalue weighted by Gasteiger charge is 2.52. The van der Waals surface area contributed by atoms with Gasteiger partial charge in [-0.05, 0) is 125 Å². The van der Waals surface area contributed by atoms with Crippen LogP contribution in [0.4, 0.5) is 17.1 Å². The van der Waals surface area contributed by atoms with Gasteiger partial charge in [-0.2, -0.15) is 0 Å². The summed E-state index contributed by atoms with van der Waals surface area (Å²) in [6, 6.07) is -51.6. The number of benzene rings is 10. The molecule has 3 aliphatic rings. The Balaban J connectivity index is 1.36. The smallest absolute Gasteiger partial charge is 0.0726 e. The summed E-state index contributed by atoms with van der Waals surface area (Å²) in [6.45, 7) is 0. The normalized spacial score (nSPS) is 23.1. The van der Waals surface area contributed by atoms with Crippen molar-refractivity contribution in [2.45, 2.75) is 10.8 Å². The first kappa shape index (κ1) is 13.8. The number of nitrogens with zero attached hydrogens (tertiary/aromatic N) is 1. The summed E-state index contributed by atoms with van der Waals surface area (Å²) >= 11 is 0. The Hall–Kier alpha value is -8.00. The number of rotatable bonds is 6. The van der Waals surface area contributed by atoms with Crippen LogP contribution in [0.1, 0.15) is 101 Å². The minimum atomic E-state index is -3.65. The topological polar surface area (TPSA) is 3.24 Å². The average Bonchev–Trinajstić information content (AvgIpc) is 1.47. The Morgan fingerprint density at radius 3 is 1.02 bits per heavy atom. The van der Waals surface area contributed by atoms with Crippen molar-refractivity contribution >= 4 is 17.1 Å². The van der Waals surface area contributed by atoms with E-state index >= 15 is 0 Å². The van der Waals surface area contributed by atoms with Crippen molar-refractivity contribution in [2.75, 3.05) is 4.90 Å². The Morgan fingerprint density at radius 2 is 0.571 bits per heavy atom. The largest absolute Gasteiger partial charge is 0.310 e. The molecule has 0 radical (unpaired) electrons. The van der Waals surface area contributed by atoms with Crippen molar-refractivity contribution in [3.63, 3.8) is 0 Å². The van der Waals surface area contributed by atoms with Gasteiger partial charge in [-0.1, -0.05) is 211 Å². The van der Waals surface area contributed by atoms with Crippen LogP contribution >= 0.6 is 0 Å². The highest BCUT2D eigenvalue weighted by molar-refractivity contribution is 5.97. The SMILES string of the molecule is [2H]c1c([2H])c([2H])c(-c2c([2H])c([2H])c(N(c3c([2H])c([2H])c4c(c3[2H])C(c3c([2H])c([2H])c([2H])c([2H])c3[2H])(c3c([2H])c([2H])c([2H])c([2H])c3[2H])c3c([2H])c([2H])c([2H])c([2H])c3-4)c3c([2H])c([2H])c4c(c3[2H])C3(c5c([2H])c([2H])c([2H])c([2H])c5-c5c([2H])c([2H])c([2H])c([2H])c53)c3c([2H])c([2H])c([2H])c([2H])c3-4)c([2H])c2[2H])c([2H])c1[2H]. The van der Waals surface area contributed by atoms with Gasteiger partial charge >= 0.3 is 0 Å². The average molecular weight is 841 g/mol. The maximum absolute atomic E-state index is 11.0. The van der Waals surface area contributed by atoms with Gasteiger partial charge in [0, 0.05) is 17.1 Å². The van der Waals surface area contributed by atoms with Crippen molar-refractivity contribution in [1.82, 2.24) is 0 Å². The lowest BCUT2D eigenvalue weighted by Crippen LogP contribution is -2.28. The van der Waals surface area contributed by atoms with Gasteiger partial charge in [0.15, 0.2) is 0 Å². The monoisotopic (exact) mass is 841 g/mol. The Labute approximate surface area is 426 Å². The third kappa shape index (κ3) is 4.94. The molecule has 0 amide bonds. The van der Waals surface area contributed by atoms with E-state index in [0.29, 0.717) is 0 Å². The van der Waals surface area contributed by atoms with E-state index in [1.165, 1.54) is 0 Å². The van der Waals surface area contributed by atoms with E-state index in [2.05, 4.69) is 0 Å². The van der Waals surface area contributed by atoms with Crippen molar-refractivity contribution < 1.29 is 56.2 Å². The molecule has 13 rings (SSSR count). The number of hydrogen-bond donors (Lipinski definition) is 0. The zero-order valence-corrected chi connectivity index (χ0v) is 31.4. The van der Waals surface area contributed by atoms with E-state index in [1.807, 2.05) is 0 Å². The van der Waals surface area contributed by atoms with Gasteiger partial charge in [0.2, 0.25) is 0 Å². The predicted octanol–water partition coefficient (Wildman–Crippen LogP) is 15.5. The molecule has 1 heteroatoms. The van der Waals surface area contributed by atoms with Crippen molar-refractivity contribution in [1.29, 1.82) is 0 Å². The Morgan fingerprint density at radius 1 is 0.254 bits per heavy atom. The molecule has 0 heterocycles. The van der Waals surface area contributed by atoms with Crippen LogP contribution in [0.15, 0.2) is 248 Å². The molecule has 0 N–H and O–H groups in total. The van der Waals surface area contributed by atoms with Gasteiger partial charge in [-0.15, -0.1) is 0 Å². The fraction of sp³-hybridized carbons (Fsp3) is 0.0323. The molecule has 0 aromatic heterocycles. The lowest BCUT2D eigenvalue weighted by molar-refractivity contribution is 0.768. The molecular weight excluding hydrogens is 759 g/mol. The van der Waals surface area contributed by atoms with Gasteiger partial charge in [0.05, 0.1) is 67.0 Å². The number of anilines is 3. The lowest BCUT2D eigenvalue weighted by Gasteiger charge is -2.35. The van der Waals surface area contributed by atoms with Crippen LogP contribution in [0.25, 0.3) is 44.5 Å². The number of fused-ring (bicyclic) bond motifs is 13. The van der Waals surface area contributed by atoms with Gasteiger partial charge < -0.3 is 4.90 Å². The molecule has 10 aromatic rings. The summed E-state index contributed by atoms with van der Waals surface area (Å²) in [5, 5.41) is 0. The number of hydrogen-bond acceptors (Lipinski definition) is 1. The second-order valence-corrected chi connectivity index (χ2v) is 14.0. The molecule has 63 heavy (non-hydrogen) atoms. The van der Waals surface area contributed by atoms with E-state index in [1.54, 1.807) is 0 Å². The Bertz CT molecular complexity index is 5550. The zero-order valence-electron chi connectivity index (χ0n) is 72.4. The molecular formula is C62H41N. The third-order valence-electron chi connectivity index (χ3n) is 11.1. The van der Waals surface area contributed by atoms with Crippen molar-refractivity contribution in [2.24, 2.45) is 0 Å². The quantitative estimate of drug-likeness (QED) is 0.161. The van der Waals surface area contributed by atoms with E-state index in [0.717, 1.165) is 0 Å². The molecule has 3 aliphatic carbocycles. The van der Waals surface area contributed by atoms with Gasteiger partial charge in [0.25, 0.3) is 0 Å². The first-order valence-electron chi connectivity index (χ1n) is 39.2. The van der Waals surface area contributed by atoms with Crippen LogP contribution in [0.2, 0.25) is 0 Å². The van der Waals surface area contributed by atoms with Crippen LogP contribution < -0.4 is 4.90 Å². The van der Waals surface area contributed by atoms with Crippen LogP contribution in [0, 0.1) is 0 Å². The second kappa shape index (κ2) is 13.8. The highest BCUT2D eigenvalue weighted by atomic mass is 15.1. The minimum Gasteiger partial charge on any atom is -0.310 e. The first-order valence-corrected chi connectivity index (χ1v) is 18.7. The summed E-state index contributed by atoms with van der Waals surface area (Å²) < 4.78 is 389. The summed E-state index contributed by atoms with van der Waals surface area (Å²) in [6.07, 6.45) is 0. The standard InChI is InChI=1S/C62H41N/c1-4-18-42(19-5-1)43-32-34-46(35-33-43)63(47-36-38-53-51-26-10-14-28-55(51)61(59(53)40-47,44-20-6-2-7-21-44)45-22-8-3-9-23-45)48-37-39-54-52-27-13-17-31-58(52)62(60(54)41-48)56-29-15-11-24-49(56)50-25-12-16-30-57(50)62/h1-41H/i1D,2D,3D,4D,5D,6D,7D,8D,9D,10D,11D,12D,13D,14D,15D,16D,17D,18D,19D,20D,21D,22D,23D,24D,25D,26D,27D,28D,29D,30D,31D,32D,33D,34D,35D,36D,37D,38D,39D,40D,41D. The molecule has 0 saturated heterocycles. The maximum atomic E-state index is 11.0. The van der Waals surface area contributed by atoms with Crippen LogP contribution in [-0.4, -0.2) is 0 Å². The van der Waals surface area contributed by atoms with Gasteiger partial charge in [0.1, 0.15) is 0 Å². The molecule has 0 bridgehead atoms. The summed E-state index contributed by atoms with van der Waals surface area (Å²) in [4.78, 5) is 0.133. The van der Waals surface area contributed by atoms with E-state index in [9.17, 15) is 30.2 Å². The van der Waals surface area contributed by atoms with E-state index < -0.39 is 365 Å². The molecule has 0 aliphatic heterocycles. The molecule has 0 fully saturated rings. The highest BCUT2D eigenvalue weighted by Crippen LogP contribution is 2.64. The summed E-state index contributed by atoms with van der Waals surface area (Å²) in [5.41, 5.74) is -27.6. The van der Waals surface area contributed by atoms with Crippen LogP contribution in [0.5, 0.6) is 0 Å². The lowest BCUT2D eigenvalue weighted by atomic mass is 9.67. The first-order chi connectivity index (χ1) is 48.3. The Kier molecular flexibility index (Phi) is 3.00. The molecule has 0 saturated carbocycles. The second-order valence-electron chi connectivity index (χ2n) is 14.0. The predicted molar refractivity (Wildman–Crippen MR) is 260 cm³/mol.